The number of rotatable bonds is 4. The molecule has 0 amide bonds. The number of hydrogen-bond acceptors (Lipinski definition) is 5. The molecule has 5 aromatic rings. The molecule has 2 aromatic heterocycles. The summed E-state index contributed by atoms with van der Waals surface area (Å²) in [5.74, 6) is 0.813. The van der Waals surface area contributed by atoms with Crippen LogP contribution in [0.1, 0.15) is 5.56 Å². The van der Waals surface area contributed by atoms with Crippen LogP contribution in [0.15, 0.2) is 54.7 Å². The van der Waals surface area contributed by atoms with E-state index in [1.54, 1.807) is 13.1 Å². The predicted octanol–water partition coefficient (Wildman–Crippen LogP) is 6.07. The molecule has 0 spiro atoms. The SMILES string of the molecule is CNc1ncc2cc(-c3c(C)ccc4c(Nc5cc(F)cc(Cl)c5)nn(C)c34)ccc2n1. The normalized spacial score (nSPS) is 11.3. The minimum Gasteiger partial charge on any atom is -0.357 e. The molecule has 0 aliphatic rings. The van der Waals surface area contributed by atoms with E-state index in [9.17, 15) is 4.39 Å². The lowest BCUT2D eigenvalue weighted by Crippen LogP contribution is -1.97. The second kappa shape index (κ2) is 7.76. The van der Waals surface area contributed by atoms with E-state index in [-0.39, 0.29) is 0 Å². The molecular formula is C24H20ClFN6. The lowest BCUT2D eigenvalue weighted by atomic mass is 9.96. The van der Waals surface area contributed by atoms with Crippen molar-refractivity contribution in [2.24, 2.45) is 7.05 Å². The molecule has 5 rings (SSSR count). The first-order valence-electron chi connectivity index (χ1n) is 10.1. The van der Waals surface area contributed by atoms with Gasteiger partial charge >= 0.3 is 0 Å². The van der Waals surface area contributed by atoms with Crippen molar-refractivity contribution in [3.05, 3.63) is 71.1 Å². The van der Waals surface area contributed by atoms with Gasteiger partial charge in [-0.3, -0.25) is 4.68 Å². The van der Waals surface area contributed by atoms with E-state index < -0.39 is 5.82 Å². The number of aryl methyl sites for hydroxylation is 2. The molecule has 0 radical (unpaired) electrons. The van der Waals surface area contributed by atoms with Gasteiger partial charge in [0.2, 0.25) is 5.95 Å². The van der Waals surface area contributed by atoms with Gasteiger partial charge in [0.1, 0.15) is 5.82 Å². The van der Waals surface area contributed by atoms with Gasteiger partial charge in [-0.05, 0) is 54.4 Å². The Balaban J connectivity index is 1.65. The van der Waals surface area contributed by atoms with Gasteiger partial charge in [0.05, 0.1) is 11.0 Å². The molecule has 0 saturated carbocycles. The number of nitrogens with one attached hydrogen (secondary N) is 2. The first kappa shape index (κ1) is 20.2. The molecule has 6 nitrogen and oxygen atoms in total. The molecule has 3 aromatic carbocycles. The van der Waals surface area contributed by atoms with Gasteiger partial charge in [0, 0.05) is 47.3 Å². The summed E-state index contributed by atoms with van der Waals surface area (Å²) in [4.78, 5) is 8.84. The molecule has 0 saturated heterocycles. The van der Waals surface area contributed by atoms with Gasteiger partial charge < -0.3 is 10.6 Å². The Hall–Kier alpha value is -3.71. The zero-order valence-electron chi connectivity index (χ0n) is 17.7. The van der Waals surface area contributed by atoms with Crippen LogP contribution in [0.3, 0.4) is 0 Å². The van der Waals surface area contributed by atoms with Crippen LogP contribution in [0, 0.1) is 12.7 Å². The Bertz CT molecular complexity index is 1470. The molecule has 0 aliphatic carbocycles. The Labute approximate surface area is 189 Å². The van der Waals surface area contributed by atoms with Gasteiger partial charge in [0.25, 0.3) is 0 Å². The Morgan fingerprint density at radius 2 is 1.91 bits per heavy atom. The molecule has 0 atom stereocenters. The van der Waals surface area contributed by atoms with Crippen molar-refractivity contribution in [1.29, 1.82) is 0 Å². The van der Waals surface area contributed by atoms with E-state index in [0.29, 0.717) is 22.5 Å². The fourth-order valence-electron chi connectivity index (χ4n) is 4.00. The largest absolute Gasteiger partial charge is 0.357 e. The third-order valence-electron chi connectivity index (χ3n) is 5.43. The van der Waals surface area contributed by atoms with E-state index in [1.165, 1.54) is 12.1 Å². The summed E-state index contributed by atoms with van der Waals surface area (Å²) in [6, 6.07) is 14.6. The highest BCUT2D eigenvalue weighted by Crippen LogP contribution is 2.37. The summed E-state index contributed by atoms with van der Waals surface area (Å²) < 4.78 is 15.6. The van der Waals surface area contributed by atoms with Crippen molar-refractivity contribution in [3.63, 3.8) is 0 Å². The van der Waals surface area contributed by atoms with Crippen LogP contribution < -0.4 is 10.6 Å². The van der Waals surface area contributed by atoms with Gasteiger partial charge in [-0.15, -0.1) is 0 Å². The number of anilines is 3. The fourth-order valence-corrected chi connectivity index (χ4v) is 4.22. The Kier molecular flexibility index (Phi) is 4.90. The van der Waals surface area contributed by atoms with Crippen LogP contribution in [-0.4, -0.2) is 26.8 Å². The molecule has 0 unspecified atom stereocenters. The summed E-state index contributed by atoms with van der Waals surface area (Å²) in [6.45, 7) is 2.08. The monoisotopic (exact) mass is 446 g/mol. The molecule has 32 heavy (non-hydrogen) atoms. The van der Waals surface area contributed by atoms with Crippen LogP contribution in [0.5, 0.6) is 0 Å². The number of benzene rings is 3. The summed E-state index contributed by atoms with van der Waals surface area (Å²) in [5.41, 5.74) is 5.62. The molecule has 8 heteroatoms. The summed E-state index contributed by atoms with van der Waals surface area (Å²) in [6.07, 6.45) is 1.82. The van der Waals surface area contributed by atoms with Gasteiger partial charge in [-0.2, -0.15) is 5.10 Å². The van der Waals surface area contributed by atoms with Crippen LogP contribution in [0.25, 0.3) is 32.9 Å². The second-order valence-electron chi connectivity index (χ2n) is 7.63. The number of aromatic nitrogens is 4. The standard InChI is InChI=1S/C24H20ClFN6/c1-13-4-6-19-22(32(3)31-23(19)29-18-10-16(25)9-17(26)11-18)21(13)14-5-7-20-15(8-14)12-28-24(27-2)30-20/h4-12H,1-3H3,(H,29,31)(H,27,28,30). The molecule has 2 heterocycles. The number of fused-ring (bicyclic) bond motifs is 2. The van der Waals surface area contributed by atoms with Crippen molar-refractivity contribution in [2.45, 2.75) is 6.92 Å². The zero-order chi connectivity index (χ0) is 22.4. The van der Waals surface area contributed by atoms with Crippen molar-refractivity contribution in [2.75, 3.05) is 17.7 Å². The van der Waals surface area contributed by atoms with Gasteiger partial charge in [-0.1, -0.05) is 23.7 Å². The quantitative estimate of drug-likeness (QED) is 0.350. The van der Waals surface area contributed by atoms with Gasteiger partial charge in [-0.25, -0.2) is 14.4 Å². The summed E-state index contributed by atoms with van der Waals surface area (Å²) in [7, 11) is 3.70. The van der Waals surface area contributed by atoms with E-state index >= 15 is 0 Å². The predicted molar refractivity (Wildman–Crippen MR) is 128 cm³/mol. The molecule has 0 bridgehead atoms. The third kappa shape index (κ3) is 3.50. The first-order chi connectivity index (χ1) is 15.4. The number of nitrogens with zero attached hydrogens (tertiary/aromatic N) is 4. The molecule has 160 valence electrons. The minimum atomic E-state index is -0.406. The highest BCUT2D eigenvalue weighted by Gasteiger charge is 2.17. The van der Waals surface area contributed by atoms with E-state index in [4.69, 9.17) is 11.6 Å². The summed E-state index contributed by atoms with van der Waals surface area (Å²) in [5, 5.41) is 13.0. The maximum absolute atomic E-state index is 13.8. The molecule has 0 fully saturated rings. The molecule has 2 N–H and O–H groups in total. The van der Waals surface area contributed by atoms with Crippen LogP contribution in [-0.2, 0) is 7.05 Å². The zero-order valence-corrected chi connectivity index (χ0v) is 18.5. The maximum atomic E-state index is 13.8. The smallest absolute Gasteiger partial charge is 0.222 e. The van der Waals surface area contributed by atoms with Crippen LogP contribution in [0.2, 0.25) is 5.02 Å². The number of hydrogen-bond donors (Lipinski definition) is 2. The lowest BCUT2D eigenvalue weighted by molar-refractivity contribution is 0.628. The minimum absolute atomic E-state index is 0.323. The third-order valence-corrected chi connectivity index (χ3v) is 5.65. The van der Waals surface area contributed by atoms with Crippen LogP contribution >= 0.6 is 11.6 Å². The van der Waals surface area contributed by atoms with Crippen molar-refractivity contribution >= 4 is 50.9 Å². The van der Waals surface area contributed by atoms with Crippen LogP contribution in [0.4, 0.5) is 21.8 Å². The molecular weight excluding hydrogens is 427 g/mol. The van der Waals surface area contributed by atoms with E-state index in [0.717, 1.165) is 38.5 Å². The van der Waals surface area contributed by atoms with Gasteiger partial charge in [0.15, 0.2) is 5.82 Å². The van der Waals surface area contributed by atoms with Crippen molar-refractivity contribution in [3.8, 4) is 11.1 Å². The molecule has 0 aliphatic heterocycles. The fraction of sp³-hybridized carbons (Fsp3) is 0.125. The Morgan fingerprint density at radius 3 is 2.69 bits per heavy atom. The van der Waals surface area contributed by atoms with E-state index in [2.05, 4.69) is 50.8 Å². The number of halogens is 2. The summed E-state index contributed by atoms with van der Waals surface area (Å²) >= 11 is 6.01. The van der Waals surface area contributed by atoms with Crippen molar-refractivity contribution in [1.82, 2.24) is 19.7 Å². The van der Waals surface area contributed by atoms with Crippen molar-refractivity contribution < 1.29 is 4.39 Å². The maximum Gasteiger partial charge on any atom is 0.222 e. The second-order valence-corrected chi connectivity index (χ2v) is 8.06. The highest BCUT2D eigenvalue weighted by molar-refractivity contribution is 6.30. The Morgan fingerprint density at radius 1 is 1.06 bits per heavy atom. The average Bonchev–Trinajstić information content (AvgIpc) is 3.07. The first-order valence-corrected chi connectivity index (χ1v) is 10.4. The van der Waals surface area contributed by atoms with E-state index in [1.807, 2.05) is 30.1 Å². The highest BCUT2D eigenvalue weighted by atomic mass is 35.5. The lowest BCUT2D eigenvalue weighted by Gasteiger charge is -2.11. The topological polar surface area (TPSA) is 67.7 Å². The average molecular weight is 447 g/mol.